The highest BCUT2D eigenvalue weighted by Crippen LogP contribution is 2.28. The number of carboxylic acid groups (broad SMARTS) is 1. The fourth-order valence-electron chi connectivity index (χ4n) is 4.64. The Hall–Kier alpha value is -4.74. The minimum atomic E-state index is -4.82. The number of benzene rings is 3. The highest BCUT2D eigenvalue weighted by molar-refractivity contribution is 5.94. The number of aliphatic carboxylic acids is 1. The summed E-state index contributed by atoms with van der Waals surface area (Å²) in [7, 11) is 0. The van der Waals surface area contributed by atoms with Gasteiger partial charge in [0.1, 0.15) is 5.75 Å². The molecule has 42 heavy (non-hydrogen) atoms. The van der Waals surface area contributed by atoms with E-state index in [0.717, 1.165) is 49.3 Å². The molecule has 4 rings (SSSR count). The molecule has 1 aliphatic heterocycles. The maximum Gasteiger partial charge on any atom is 0.573 e. The summed E-state index contributed by atoms with van der Waals surface area (Å²) in [5.74, 6) is -1.85. The second kappa shape index (κ2) is 13.7. The van der Waals surface area contributed by atoms with E-state index < -0.39 is 36.1 Å². The van der Waals surface area contributed by atoms with Crippen LogP contribution in [0.15, 0.2) is 72.8 Å². The number of urea groups is 1. The van der Waals surface area contributed by atoms with Gasteiger partial charge in [0, 0.05) is 36.6 Å². The van der Waals surface area contributed by atoms with E-state index in [0.29, 0.717) is 11.1 Å². The minimum Gasteiger partial charge on any atom is -0.481 e. The fourth-order valence-corrected chi connectivity index (χ4v) is 4.64. The van der Waals surface area contributed by atoms with E-state index in [9.17, 15) is 27.6 Å². The lowest BCUT2D eigenvalue weighted by Gasteiger charge is -2.29. The smallest absolute Gasteiger partial charge is 0.481 e. The first-order valence-corrected chi connectivity index (χ1v) is 13.5. The van der Waals surface area contributed by atoms with Gasteiger partial charge in [0.05, 0.1) is 12.5 Å². The van der Waals surface area contributed by atoms with Gasteiger partial charge in [-0.25, -0.2) is 4.79 Å². The Bertz CT molecular complexity index is 1360. The monoisotopic (exact) mass is 584 g/mol. The van der Waals surface area contributed by atoms with Gasteiger partial charge < -0.3 is 30.7 Å². The molecule has 9 nitrogen and oxygen atoms in total. The van der Waals surface area contributed by atoms with Crippen molar-refractivity contribution in [3.8, 4) is 5.75 Å². The van der Waals surface area contributed by atoms with Crippen molar-refractivity contribution in [1.82, 2.24) is 10.6 Å². The van der Waals surface area contributed by atoms with Crippen LogP contribution in [0.5, 0.6) is 5.75 Å². The van der Waals surface area contributed by atoms with Crippen molar-refractivity contribution in [3.63, 3.8) is 0 Å². The molecule has 3 aromatic rings. The van der Waals surface area contributed by atoms with E-state index in [4.69, 9.17) is 5.11 Å². The Labute approximate surface area is 240 Å². The zero-order chi connectivity index (χ0) is 30.1. The summed E-state index contributed by atoms with van der Waals surface area (Å²) in [5, 5.41) is 16.8. The molecule has 0 bridgehead atoms. The van der Waals surface area contributed by atoms with E-state index in [1.165, 1.54) is 18.6 Å². The van der Waals surface area contributed by atoms with Gasteiger partial charge in [0.25, 0.3) is 5.91 Å². The van der Waals surface area contributed by atoms with Crippen LogP contribution in [0.25, 0.3) is 0 Å². The number of hydrogen-bond donors (Lipinski definition) is 4. The number of nitrogens with zero attached hydrogens (tertiary/aromatic N) is 1. The first kappa shape index (κ1) is 30.2. The van der Waals surface area contributed by atoms with Gasteiger partial charge in [-0.2, -0.15) is 0 Å². The van der Waals surface area contributed by atoms with Gasteiger partial charge in [-0.05, 0) is 78.9 Å². The number of carbonyl (C=O) groups is 3. The number of halogens is 3. The number of alkyl halides is 3. The van der Waals surface area contributed by atoms with Crippen LogP contribution in [0.2, 0.25) is 0 Å². The Balaban J connectivity index is 1.50. The molecule has 3 amide bonds. The number of anilines is 2. The predicted octanol–water partition coefficient (Wildman–Crippen LogP) is 5.69. The van der Waals surface area contributed by atoms with Crippen molar-refractivity contribution < 1.29 is 37.4 Å². The number of ether oxygens (including phenoxy) is 1. The van der Waals surface area contributed by atoms with Crippen LogP contribution in [-0.4, -0.2) is 49.0 Å². The summed E-state index contributed by atoms with van der Waals surface area (Å²) in [6, 6.07) is 17.9. The number of carboxylic acids is 1. The Kier molecular flexibility index (Phi) is 9.89. The summed E-state index contributed by atoms with van der Waals surface area (Å²) >= 11 is 0. The molecule has 1 atom stereocenters. The first-order valence-electron chi connectivity index (χ1n) is 13.5. The summed E-state index contributed by atoms with van der Waals surface area (Å²) in [4.78, 5) is 38.4. The second-order valence-electron chi connectivity index (χ2n) is 9.76. The molecule has 12 heteroatoms. The average Bonchev–Trinajstić information content (AvgIpc) is 2.97. The molecule has 3 aromatic carbocycles. The number of nitrogens with one attached hydrogen (secondary N) is 3. The van der Waals surface area contributed by atoms with E-state index in [2.05, 4.69) is 25.6 Å². The topological polar surface area (TPSA) is 120 Å². The molecule has 1 saturated heterocycles. The molecule has 0 aromatic heterocycles. The number of piperidine rings is 1. The third-order valence-corrected chi connectivity index (χ3v) is 6.70. The Morgan fingerprint density at radius 2 is 1.45 bits per heavy atom. The SMILES string of the molecule is O=C(O)CCNC(=O)c1ccc(C(NC(=O)Nc2ccc(OC(F)(F)F)cc2)c2ccc(N3CCCCC3)cc2)cc1. The van der Waals surface area contributed by atoms with Crippen molar-refractivity contribution in [3.05, 3.63) is 89.5 Å². The normalized spacial score (nSPS) is 14.0. The Morgan fingerprint density at radius 3 is 2.02 bits per heavy atom. The zero-order valence-electron chi connectivity index (χ0n) is 22.6. The number of carbonyl (C=O) groups excluding carboxylic acids is 2. The quantitative estimate of drug-likeness (QED) is 0.243. The number of amides is 3. The Morgan fingerprint density at radius 1 is 0.857 bits per heavy atom. The fraction of sp³-hybridized carbons (Fsp3) is 0.300. The van der Waals surface area contributed by atoms with Crippen molar-refractivity contribution >= 4 is 29.3 Å². The van der Waals surface area contributed by atoms with E-state index in [1.54, 1.807) is 24.3 Å². The molecule has 4 N–H and O–H groups in total. The molecule has 0 radical (unpaired) electrons. The van der Waals surface area contributed by atoms with Crippen LogP contribution in [-0.2, 0) is 4.79 Å². The molecule has 0 saturated carbocycles. The number of rotatable bonds is 10. The van der Waals surface area contributed by atoms with Gasteiger partial charge in [-0.1, -0.05) is 24.3 Å². The van der Waals surface area contributed by atoms with Gasteiger partial charge in [0.2, 0.25) is 0 Å². The van der Waals surface area contributed by atoms with Crippen LogP contribution < -0.4 is 25.6 Å². The predicted molar refractivity (Wildman–Crippen MR) is 151 cm³/mol. The zero-order valence-corrected chi connectivity index (χ0v) is 22.6. The molecule has 222 valence electrons. The lowest BCUT2D eigenvalue weighted by Crippen LogP contribution is -2.33. The van der Waals surface area contributed by atoms with Crippen LogP contribution in [0.1, 0.15) is 53.2 Å². The van der Waals surface area contributed by atoms with Gasteiger partial charge >= 0.3 is 18.4 Å². The third-order valence-electron chi connectivity index (χ3n) is 6.70. The van der Waals surface area contributed by atoms with Crippen LogP contribution in [0, 0.1) is 0 Å². The van der Waals surface area contributed by atoms with Crippen LogP contribution in [0.3, 0.4) is 0 Å². The van der Waals surface area contributed by atoms with E-state index in [1.807, 2.05) is 24.3 Å². The molecule has 1 unspecified atom stereocenters. The average molecular weight is 585 g/mol. The molecule has 0 spiro atoms. The molecule has 1 heterocycles. The second-order valence-corrected chi connectivity index (χ2v) is 9.76. The highest BCUT2D eigenvalue weighted by Gasteiger charge is 2.31. The minimum absolute atomic E-state index is 0.00700. The van der Waals surface area contributed by atoms with Crippen molar-refractivity contribution in [1.29, 1.82) is 0 Å². The summed E-state index contributed by atoms with van der Waals surface area (Å²) in [5.41, 5.74) is 3.12. The van der Waals surface area contributed by atoms with Crippen molar-refractivity contribution in [2.75, 3.05) is 29.9 Å². The maximum absolute atomic E-state index is 13.0. The molecule has 1 fully saturated rings. The number of hydrogen-bond acceptors (Lipinski definition) is 5. The van der Waals surface area contributed by atoms with Gasteiger partial charge in [-0.15, -0.1) is 13.2 Å². The van der Waals surface area contributed by atoms with Crippen LogP contribution in [0.4, 0.5) is 29.3 Å². The van der Waals surface area contributed by atoms with Crippen molar-refractivity contribution in [2.24, 2.45) is 0 Å². The lowest BCUT2D eigenvalue weighted by atomic mass is 9.97. The summed E-state index contributed by atoms with van der Waals surface area (Å²) in [6.45, 7) is 1.95. The molecule has 0 aliphatic carbocycles. The van der Waals surface area contributed by atoms with E-state index in [-0.39, 0.29) is 18.7 Å². The third kappa shape index (κ3) is 8.88. The summed E-state index contributed by atoms with van der Waals surface area (Å²) < 4.78 is 41.2. The van der Waals surface area contributed by atoms with E-state index >= 15 is 0 Å². The molecular formula is C30H31F3N4O5. The molecular weight excluding hydrogens is 553 g/mol. The van der Waals surface area contributed by atoms with Gasteiger partial charge in [0.15, 0.2) is 0 Å². The lowest BCUT2D eigenvalue weighted by molar-refractivity contribution is -0.274. The standard InChI is InChI=1S/C30H31F3N4O5/c31-30(32,33)42-25-14-10-23(11-15-25)35-29(41)36-27(21-8-12-24(13-9-21)37-18-2-1-3-19-37)20-4-6-22(7-5-20)28(40)34-17-16-26(38)39/h4-15,27H,1-3,16-19H2,(H,34,40)(H,38,39)(H2,35,36,41). The summed E-state index contributed by atoms with van der Waals surface area (Å²) in [6.07, 6.45) is -1.55. The molecule has 1 aliphatic rings. The largest absolute Gasteiger partial charge is 0.573 e. The first-order chi connectivity index (χ1) is 20.1. The van der Waals surface area contributed by atoms with Crippen LogP contribution >= 0.6 is 0 Å². The van der Waals surface area contributed by atoms with Gasteiger partial charge in [-0.3, -0.25) is 9.59 Å². The highest BCUT2D eigenvalue weighted by atomic mass is 19.4. The van der Waals surface area contributed by atoms with Crippen molar-refractivity contribution in [2.45, 2.75) is 38.1 Å². The maximum atomic E-state index is 13.0.